The van der Waals surface area contributed by atoms with Crippen molar-refractivity contribution in [3.8, 4) is 0 Å². The Morgan fingerprint density at radius 1 is 1.30 bits per heavy atom. The van der Waals surface area contributed by atoms with Crippen molar-refractivity contribution in [2.45, 2.75) is 20.3 Å². The van der Waals surface area contributed by atoms with Crippen molar-refractivity contribution in [3.63, 3.8) is 0 Å². The quantitative estimate of drug-likeness (QED) is 0.521. The molecular weight excluding hydrogens is 128 g/mol. The monoisotopic (exact) mass is 142 g/mol. The molecule has 0 unspecified atom stereocenters. The van der Waals surface area contributed by atoms with E-state index >= 15 is 0 Å². The first-order chi connectivity index (χ1) is 4.72. The molecule has 0 aliphatic carbocycles. The summed E-state index contributed by atoms with van der Waals surface area (Å²) in [6, 6.07) is 0. The Kier molecular flexibility index (Phi) is 2.25. The fourth-order valence-electron chi connectivity index (χ4n) is 1.70. The second-order valence-corrected chi connectivity index (χ2v) is 3.40. The standard InChI is InChI=1S/C7H14N2O/c1-6-3-7(2)5-9(4-6)8-10/h6-7H,3-5H2,1-2H3/t6-,7-/m1/s1. The van der Waals surface area contributed by atoms with Gasteiger partial charge in [-0.3, -0.25) is 5.01 Å². The highest BCUT2D eigenvalue weighted by molar-refractivity contribution is 4.71. The average molecular weight is 142 g/mol. The highest BCUT2D eigenvalue weighted by Crippen LogP contribution is 2.20. The van der Waals surface area contributed by atoms with Crippen LogP contribution in [0.1, 0.15) is 20.3 Å². The van der Waals surface area contributed by atoms with Crippen molar-refractivity contribution >= 4 is 0 Å². The molecule has 0 N–H and O–H groups in total. The van der Waals surface area contributed by atoms with Crippen LogP contribution in [0.25, 0.3) is 0 Å². The molecular formula is C7H14N2O. The Morgan fingerprint density at radius 3 is 2.20 bits per heavy atom. The second kappa shape index (κ2) is 2.99. The smallest absolute Gasteiger partial charge is 0.0524 e. The summed E-state index contributed by atoms with van der Waals surface area (Å²) in [5.74, 6) is 1.25. The fourth-order valence-corrected chi connectivity index (χ4v) is 1.70. The van der Waals surface area contributed by atoms with E-state index in [4.69, 9.17) is 0 Å². The lowest BCUT2D eigenvalue weighted by Gasteiger charge is -2.30. The van der Waals surface area contributed by atoms with Gasteiger partial charge in [-0.2, -0.15) is 0 Å². The summed E-state index contributed by atoms with van der Waals surface area (Å²) >= 11 is 0. The molecule has 10 heavy (non-hydrogen) atoms. The fraction of sp³-hybridized carbons (Fsp3) is 1.00. The van der Waals surface area contributed by atoms with Gasteiger partial charge in [0.1, 0.15) is 0 Å². The Bertz CT molecular complexity index is 117. The summed E-state index contributed by atoms with van der Waals surface area (Å²) in [7, 11) is 0. The Labute approximate surface area is 61.3 Å². The lowest BCUT2D eigenvalue weighted by molar-refractivity contribution is 0.144. The molecule has 58 valence electrons. The normalized spacial score (nSPS) is 34.0. The van der Waals surface area contributed by atoms with Gasteiger partial charge in [-0.05, 0) is 18.3 Å². The summed E-state index contributed by atoms with van der Waals surface area (Å²) in [4.78, 5) is 10.1. The third-order valence-corrected chi connectivity index (χ3v) is 1.97. The third-order valence-electron chi connectivity index (χ3n) is 1.97. The first-order valence-corrected chi connectivity index (χ1v) is 3.80. The third kappa shape index (κ3) is 1.69. The van der Waals surface area contributed by atoms with Gasteiger partial charge in [-0.1, -0.05) is 13.8 Å². The molecule has 3 nitrogen and oxygen atoms in total. The van der Waals surface area contributed by atoms with Crippen LogP contribution in [-0.2, 0) is 0 Å². The summed E-state index contributed by atoms with van der Waals surface area (Å²) < 4.78 is 0. The predicted molar refractivity (Wildman–Crippen MR) is 40.3 cm³/mol. The lowest BCUT2D eigenvalue weighted by Crippen LogP contribution is -2.34. The van der Waals surface area contributed by atoms with Gasteiger partial charge in [0.25, 0.3) is 0 Å². The molecule has 0 aromatic heterocycles. The molecule has 2 atom stereocenters. The van der Waals surface area contributed by atoms with E-state index in [1.807, 2.05) is 0 Å². The molecule has 0 bridgehead atoms. The van der Waals surface area contributed by atoms with Crippen LogP contribution in [0.3, 0.4) is 0 Å². The van der Waals surface area contributed by atoms with Gasteiger partial charge in [-0.25, -0.2) is 0 Å². The highest BCUT2D eigenvalue weighted by atomic mass is 16.3. The second-order valence-electron chi connectivity index (χ2n) is 3.40. The van der Waals surface area contributed by atoms with Crippen molar-refractivity contribution in [2.24, 2.45) is 17.1 Å². The van der Waals surface area contributed by atoms with Crippen LogP contribution in [0, 0.1) is 16.7 Å². The maximum Gasteiger partial charge on any atom is 0.0524 e. The predicted octanol–water partition coefficient (Wildman–Crippen LogP) is 1.65. The van der Waals surface area contributed by atoms with Crippen LogP contribution in [0.4, 0.5) is 0 Å². The Balaban J connectivity index is 2.42. The van der Waals surface area contributed by atoms with Crippen LogP contribution >= 0.6 is 0 Å². The van der Waals surface area contributed by atoms with Crippen molar-refractivity contribution in [3.05, 3.63) is 4.91 Å². The van der Waals surface area contributed by atoms with Gasteiger partial charge in [0.15, 0.2) is 0 Å². The molecule has 1 aliphatic heterocycles. The number of piperidine rings is 1. The minimum absolute atomic E-state index is 0.626. The maximum absolute atomic E-state index is 10.1. The zero-order chi connectivity index (χ0) is 7.56. The largest absolute Gasteiger partial charge is 0.260 e. The maximum atomic E-state index is 10.1. The van der Waals surface area contributed by atoms with E-state index in [9.17, 15) is 4.91 Å². The van der Waals surface area contributed by atoms with Crippen LogP contribution < -0.4 is 0 Å². The number of hydrogen-bond donors (Lipinski definition) is 0. The Hall–Kier alpha value is -0.600. The van der Waals surface area contributed by atoms with E-state index in [0.29, 0.717) is 11.8 Å². The van der Waals surface area contributed by atoms with E-state index in [-0.39, 0.29) is 0 Å². The summed E-state index contributed by atoms with van der Waals surface area (Å²) in [6.07, 6.45) is 1.23. The van der Waals surface area contributed by atoms with Crippen LogP contribution in [0.5, 0.6) is 0 Å². The molecule has 1 fully saturated rings. The molecule has 0 aromatic rings. The molecule has 0 spiro atoms. The average Bonchev–Trinajstić information content (AvgIpc) is 1.85. The van der Waals surface area contributed by atoms with Gasteiger partial charge >= 0.3 is 0 Å². The van der Waals surface area contributed by atoms with E-state index in [1.165, 1.54) is 6.42 Å². The summed E-state index contributed by atoms with van der Waals surface area (Å²) in [5.41, 5.74) is 0. The topological polar surface area (TPSA) is 32.7 Å². The number of hydrogen-bond acceptors (Lipinski definition) is 2. The molecule has 0 aromatic carbocycles. The molecule has 0 amide bonds. The highest BCUT2D eigenvalue weighted by Gasteiger charge is 2.20. The van der Waals surface area contributed by atoms with Crippen LogP contribution in [0.2, 0.25) is 0 Å². The van der Waals surface area contributed by atoms with Crippen molar-refractivity contribution in [2.75, 3.05) is 13.1 Å². The van der Waals surface area contributed by atoms with E-state index in [1.54, 1.807) is 5.01 Å². The van der Waals surface area contributed by atoms with E-state index in [2.05, 4.69) is 19.1 Å². The van der Waals surface area contributed by atoms with Crippen molar-refractivity contribution in [1.29, 1.82) is 0 Å². The zero-order valence-corrected chi connectivity index (χ0v) is 6.58. The zero-order valence-electron chi connectivity index (χ0n) is 6.58. The van der Waals surface area contributed by atoms with Gasteiger partial charge in [0, 0.05) is 13.1 Å². The number of rotatable bonds is 1. The first-order valence-electron chi connectivity index (χ1n) is 3.80. The van der Waals surface area contributed by atoms with Crippen molar-refractivity contribution < 1.29 is 0 Å². The molecule has 1 aliphatic rings. The first kappa shape index (κ1) is 7.51. The van der Waals surface area contributed by atoms with E-state index in [0.717, 1.165) is 13.1 Å². The minimum Gasteiger partial charge on any atom is -0.260 e. The van der Waals surface area contributed by atoms with Gasteiger partial charge in [0.2, 0.25) is 0 Å². The van der Waals surface area contributed by atoms with Crippen LogP contribution in [0.15, 0.2) is 5.29 Å². The van der Waals surface area contributed by atoms with Gasteiger partial charge in [0.05, 0.1) is 5.29 Å². The molecule has 1 heterocycles. The summed E-state index contributed by atoms with van der Waals surface area (Å²) in [6.45, 7) is 6.00. The number of nitrogens with zero attached hydrogens (tertiary/aromatic N) is 2. The van der Waals surface area contributed by atoms with E-state index < -0.39 is 0 Å². The lowest BCUT2D eigenvalue weighted by atomic mass is 9.93. The minimum atomic E-state index is 0.626. The molecule has 0 radical (unpaired) electrons. The summed E-state index contributed by atoms with van der Waals surface area (Å²) in [5, 5.41) is 4.56. The van der Waals surface area contributed by atoms with Gasteiger partial charge < -0.3 is 0 Å². The Morgan fingerprint density at radius 2 is 1.80 bits per heavy atom. The molecule has 3 heteroatoms. The van der Waals surface area contributed by atoms with Crippen LogP contribution in [-0.4, -0.2) is 18.1 Å². The van der Waals surface area contributed by atoms with Gasteiger partial charge in [-0.15, -0.1) is 4.91 Å². The molecule has 1 rings (SSSR count). The number of nitroso groups, excluding NO2 is 1. The molecule has 0 saturated carbocycles. The molecule has 1 saturated heterocycles. The van der Waals surface area contributed by atoms with Crippen molar-refractivity contribution in [1.82, 2.24) is 5.01 Å². The SMILES string of the molecule is C[C@@H]1C[C@@H](C)CN(N=O)C1.